The number of rotatable bonds is 6. The second kappa shape index (κ2) is 10.4. The Morgan fingerprint density at radius 2 is 1.79 bits per heavy atom. The molecular formula is C27H30Cl2N4. The quantitative estimate of drug-likeness (QED) is 0.393. The predicted octanol–water partition coefficient (Wildman–Crippen LogP) is 6.82. The number of hydrogen-bond acceptors (Lipinski definition) is 4. The Bertz CT molecular complexity index is 1110. The largest absolute Gasteiger partial charge is 0.354 e. The number of nitrogens with one attached hydrogen (secondary N) is 1. The van der Waals surface area contributed by atoms with Gasteiger partial charge in [-0.2, -0.15) is 0 Å². The summed E-state index contributed by atoms with van der Waals surface area (Å²) in [5.74, 6) is 0.923. The minimum atomic E-state index is 0.208. The highest BCUT2D eigenvalue weighted by molar-refractivity contribution is 6.42. The van der Waals surface area contributed by atoms with Crippen LogP contribution < -0.4 is 5.32 Å². The lowest BCUT2D eigenvalue weighted by molar-refractivity contribution is 0.284. The average Bonchev–Trinajstić information content (AvgIpc) is 3.12. The van der Waals surface area contributed by atoms with Crippen LogP contribution in [0.15, 0.2) is 48.7 Å². The monoisotopic (exact) mass is 480 g/mol. The average molecular weight is 481 g/mol. The highest BCUT2D eigenvalue weighted by Gasteiger charge is 2.27. The lowest BCUT2D eigenvalue weighted by atomic mass is 9.78. The number of anilines is 1. The lowest BCUT2D eigenvalue weighted by Gasteiger charge is -2.28. The van der Waals surface area contributed by atoms with Crippen molar-refractivity contribution in [2.75, 3.05) is 31.5 Å². The molecule has 0 spiro atoms. The number of hydrogen-bond donors (Lipinski definition) is 1. The van der Waals surface area contributed by atoms with Crippen molar-refractivity contribution in [3.63, 3.8) is 0 Å². The summed E-state index contributed by atoms with van der Waals surface area (Å²) in [6.07, 6.45) is 9.38. The molecule has 2 heterocycles. The first-order valence-corrected chi connectivity index (χ1v) is 12.8. The van der Waals surface area contributed by atoms with Crippen LogP contribution in [0.4, 0.5) is 5.95 Å². The highest BCUT2D eigenvalue weighted by atomic mass is 35.5. The zero-order valence-corrected chi connectivity index (χ0v) is 20.4. The molecule has 5 rings (SSSR count). The molecule has 1 saturated heterocycles. The van der Waals surface area contributed by atoms with Crippen molar-refractivity contribution in [3.8, 4) is 11.3 Å². The van der Waals surface area contributed by atoms with E-state index in [0.717, 1.165) is 31.6 Å². The summed E-state index contributed by atoms with van der Waals surface area (Å²) >= 11 is 12.5. The number of fused-ring (bicyclic) bond motifs is 3. The van der Waals surface area contributed by atoms with Gasteiger partial charge >= 0.3 is 0 Å². The smallest absolute Gasteiger partial charge is 0.223 e. The van der Waals surface area contributed by atoms with E-state index in [2.05, 4.69) is 45.5 Å². The van der Waals surface area contributed by atoms with Crippen LogP contribution in [0.3, 0.4) is 0 Å². The Hall–Kier alpha value is -2.14. The molecule has 2 aromatic carbocycles. The molecule has 1 aromatic heterocycles. The molecule has 0 radical (unpaired) electrons. The fourth-order valence-corrected chi connectivity index (χ4v) is 5.42. The summed E-state index contributed by atoms with van der Waals surface area (Å²) in [5, 5.41) is 4.63. The predicted molar refractivity (Wildman–Crippen MR) is 137 cm³/mol. The maximum Gasteiger partial charge on any atom is 0.223 e. The van der Waals surface area contributed by atoms with Crippen molar-refractivity contribution >= 4 is 29.2 Å². The van der Waals surface area contributed by atoms with E-state index in [4.69, 9.17) is 28.2 Å². The second-order valence-electron chi connectivity index (χ2n) is 9.12. The van der Waals surface area contributed by atoms with Crippen molar-refractivity contribution in [2.24, 2.45) is 0 Å². The van der Waals surface area contributed by atoms with Crippen molar-refractivity contribution in [1.29, 1.82) is 0 Å². The summed E-state index contributed by atoms with van der Waals surface area (Å²) in [5.41, 5.74) is 5.81. The molecule has 1 atom stereocenters. The van der Waals surface area contributed by atoms with Gasteiger partial charge in [-0.3, -0.25) is 0 Å². The third-order valence-corrected chi connectivity index (χ3v) is 7.60. The zero-order chi connectivity index (χ0) is 22.6. The number of likely N-dealkylation sites (tertiary alicyclic amines) is 1. The van der Waals surface area contributed by atoms with Gasteiger partial charge in [-0.1, -0.05) is 66.4 Å². The summed E-state index contributed by atoms with van der Waals surface area (Å²) in [4.78, 5) is 12.2. The fourth-order valence-electron chi connectivity index (χ4n) is 5.11. The summed E-state index contributed by atoms with van der Waals surface area (Å²) in [6.45, 7) is 4.52. The molecule has 172 valence electrons. The molecule has 33 heavy (non-hydrogen) atoms. The normalized spacial score (nSPS) is 18.3. The molecule has 0 saturated carbocycles. The molecule has 1 aliphatic carbocycles. The van der Waals surface area contributed by atoms with Crippen molar-refractivity contribution in [3.05, 3.63) is 75.4 Å². The van der Waals surface area contributed by atoms with Gasteiger partial charge in [-0.05, 0) is 74.1 Å². The van der Waals surface area contributed by atoms with Crippen LogP contribution in [0, 0.1) is 0 Å². The number of halogens is 2. The summed E-state index contributed by atoms with van der Waals surface area (Å²) in [6, 6.07) is 14.5. The van der Waals surface area contributed by atoms with E-state index < -0.39 is 0 Å². The Labute approximate surface area is 206 Å². The molecular weight excluding hydrogens is 451 g/mol. The highest BCUT2D eigenvalue weighted by Crippen LogP contribution is 2.42. The van der Waals surface area contributed by atoms with Crippen LogP contribution in [0.5, 0.6) is 0 Å². The van der Waals surface area contributed by atoms with Crippen LogP contribution in [-0.4, -0.2) is 41.0 Å². The molecule has 6 heteroatoms. The topological polar surface area (TPSA) is 41.1 Å². The van der Waals surface area contributed by atoms with Gasteiger partial charge in [0, 0.05) is 24.2 Å². The Morgan fingerprint density at radius 3 is 2.61 bits per heavy atom. The first kappa shape index (κ1) is 22.6. The van der Waals surface area contributed by atoms with Gasteiger partial charge in [0.1, 0.15) is 0 Å². The molecule has 1 fully saturated rings. The Kier molecular flexibility index (Phi) is 7.15. The molecule has 1 unspecified atom stereocenters. The van der Waals surface area contributed by atoms with Gasteiger partial charge in [-0.15, -0.1) is 0 Å². The Balaban J connectivity index is 1.31. The third-order valence-electron chi connectivity index (χ3n) is 6.86. The molecule has 2 aliphatic rings. The van der Waals surface area contributed by atoms with Crippen LogP contribution in [-0.2, 0) is 6.42 Å². The number of aromatic nitrogens is 2. The minimum Gasteiger partial charge on any atom is -0.354 e. The molecule has 1 aliphatic heterocycles. The maximum absolute atomic E-state index is 6.33. The molecule has 1 N–H and O–H groups in total. The lowest BCUT2D eigenvalue weighted by Crippen LogP contribution is -2.27. The van der Waals surface area contributed by atoms with Gasteiger partial charge in [0.05, 0.1) is 15.7 Å². The van der Waals surface area contributed by atoms with Gasteiger partial charge in [0.15, 0.2) is 0 Å². The van der Waals surface area contributed by atoms with Gasteiger partial charge in [-0.25, -0.2) is 9.97 Å². The first-order valence-electron chi connectivity index (χ1n) is 12.1. The summed E-state index contributed by atoms with van der Waals surface area (Å²) < 4.78 is 0. The zero-order valence-electron chi connectivity index (χ0n) is 18.9. The molecule has 0 amide bonds. The van der Waals surface area contributed by atoms with E-state index in [1.165, 1.54) is 61.0 Å². The first-order chi connectivity index (χ1) is 16.2. The fraction of sp³-hybridized carbons (Fsp3) is 0.407. The van der Waals surface area contributed by atoms with Crippen molar-refractivity contribution in [2.45, 2.75) is 44.4 Å². The van der Waals surface area contributed by atoms with E-state index in [1.807, 2.05) is 18.3 Å². The Morgan fingerprint density at radius 1 is 0.970 bits per heavy atom. The van der Waals surface area contributed by atoms with Gasteiger partial charge in [0.25, 0.3) is 0 Å². The van der Waals surface area contributed by atoms with E-state index in [0.29, 0.717) is 16.0 Å². The van der Waals surface area contributed by atoms with Crippen LogP contribution in [0.1, 0.15) is 54.7 Å². The van der Waals surface area contributed by atoms with E-state index >= 15 is 0 Å². The second-order valence-corrected chi connectivity index (χ2v) is 9.94. The maximum atomic E-state index is 6.33. The summed E-state index contributed by atoms with van der Waals surface area (Å²) in [7, 11) is 0. The van der Waals surface area contributed by atoms with Crippen molar-refractivity contribution in [1.82, 2.24) is 14.9 Å². The van der Waals surface area contributed by atoms with E-state index in [-0.39, 0.29) is 5.92 Å². The van der Waals surface area contributed by atoms with E-state index in [9.17, 15) is 0 Å². The van der Waals surface area contributed by atoms with Crippen LogP contribution >= 0.6 is 23.2 Å². The van der Waals surface area contributed by atoms with E-state index in [1.54, 1.807) is 0 Å². The molecule has 0 bridgehead atoms. The number of benzene rings is 2. The molecule has 4 nitrogen and oxygen atoms in total. The minimum absolute atomic E-state index is 0.208. The van der Waals surface area contributed by atoms with Crippen LogP contribution in [0.2, 0.25) is 10.0 Å². The van der Waals surface area contributed by atoms with Crippen LogP contribution in [0.25, 0.3) is 11.3 Å². The standard InChI is InChI=1S/C27H30Cl2N4/c28-24-11-10-19(17-25(24)29)23-16-20-18-31-27(32-26(20)22-9-4-3-8-21(22)23)30-12-7-15-33-13-5-1-2-6-14-33/h3-4,8-11,17-18,23H,1-2,5-7,12-16H2,(H,30,31,32). The van der Waals surface area contributed by atoms with Gasteiger partial charge < -0.3 is 10.2 Å². The number of nitrogens with zero attached hydrogens (tertiary/aromatic N) is 3. The molecule has 3 aromatic rings. The van der Waals surface area contributed by atoms with Gasteiger partial charge in [0.2, 0.25) is 5.95 Å². The SMILES string of the molecule is Clc1ccc(C2Cc3cnc(NCCCN4CCCCCC4)nc3-c3ccccc32)cc1Cl. The third kappa shape index (κ3) is 5.18. The van der Waals surface area contributed by atoms with Crippen molar-refractivity contribution < 1.29 is 0 Å².